The van der Waals surface area contributed by atoms with E-state index in [0.29, 0.717) is 22.0 Å². The van der Waals surface area contributed by atoms with Gasteiger partial charge in [0, 0.05) is 22.0 Å². The maximum absolute atomic E-state index is 12.5. The number of rotatable bonds is 5. The quantitative estimate of drug-likeness (QED) is 0.622. The Morgan fingerprint density at radius 1 is 0.880 bits per heavy atom. The van der Waals surface area contributed by atoms with Crippen molar-refractivity contribution in [2.45, 2.75) is 20.8 Å². The Morgan fingerprint density at radius 3 is 1.92 bits per heavy atom. The fourth-order valence-corrected chi connectivity index (χ4v) is 2.25. The summed E-state index contributed by atoms with van der Waals surface area (Å²) in [5, 5.41) is 5.85. The summed E-state index contributed by atoms with van der Waals surface area (Å²) in [6, 6.07) is 13.3. The van der Waals surface area contributed by atoms with Crippen LogP contribution in [0.1, 0.15) is 31.1 Å². The van der Waals surface area contributed by atoms with Crippen LogP contribution in [0.3, 0.4) is 0 Å². The van der Waals surface area contributed by atoms with Crippen LogP contribution in [0.25, 0.3) is 0 Å². The average molecular weight is 359 g/mol. The van der Waals surface area contributed by atoms with E-state index in [2.05, 4.69) is 10.6 Å². The molecule has 6 heteroatoms. The van der Waals surface area contributed by atoms with Crippen molar-refractivity contribution in [1.29, 1.82) is 0 Å². The first kappa shape index (κ1) is 18.7. The van der Waals surface area contributed by atoms with Crippen molar-refractivity contribution in [3.05, 3.63) is 59.1 Å². The van der Waals surface area contributed by atoms with Gasteiger partial charge < -0.3 is 10.6 Å². The number of benzene rings is 2. The lowest BCUT2D eigenvalue weighted by atomic mass is 9.90. The number of carbonyl (C=O) groups is 3. The number of amides is 2. The summed E-state index contributed by atoms with van der Waals surface area (Å²) in [6.07, 6.45) is 0. The molecule has 0 spiro atoms. The molecule has 0 aliphatic carbocycles. The van der Waals surface area contributed by atoms with Crippen LogP contribution in [0.5, 0.6) is 0 Å². The Morgan fingerprint density at radius 2 is 1.40 bits per heavy atom. The third-order valence-corrected chi connectivity index (χ3v) is 3.98. The van der Waals surface area contributed by atoms with Crippen LogP contribution < -0.4 is 10.6 Å². The molecule has 0 saturated heterocycles. The van der Waals surface area contributed by atoms with Gasteiger partial charge in [0.2, 0.25) is 11.8 Å². The molecule has 0 bridgehead atoms. The second kappa shape index (κ2) is 7.49. The number of nitrogens with one attached hydrogen (secondary N) is 2. The van der Waals surface area contributed by atoms with Gasteiger partial charge in [-0.1, -0.05) is 29.8 Å². The van der Waals surface area contributed by atoms with Gasteiger partial charge in [0.15, 0.2) is 5.78 Å². The maximum Gasteiger partial charge on any atom is 0.239 e. The highest BCUT2D eigenvalue weighted by Gasteiger charge is 2.36. The number of carbonyl (C=O) groups excluding carboxylic acids is 3. The lowest BCUT2D eigenvalue weighted by Crippen LogP contribution is -2.41. The summed E-state index contributed by atoms with van der Waals surface area (Å²) in [4.78, 5) is 36.4. The predicted molar refractivity (Wildman–Crippen MR) is 98.9 cm³/mol. The van der Waals surface area contributed by atoms with Crippen molar-refractivity contribution in [3.63, 3.8) is 0 Å². The molecule has 0 unspecified atom stereocenters. The van der Waals surface area contributed by atoms with E-state index in [1.54, 1.807) is 48.5 Å². The molecule has 130 valence electrons. The smallest absolute Gasteiger partial charge is 0.239 e. The number of halogens is 1. The van der Waals surface area contributed by atoms with E-state index in [1.807, 2.05) is 0 Å². The van der Waals surface area contributed by atoms with Crippen molar-refractivity contribution in [2.24, 2.45) is 5.41 Å². The van der Waals surface area contributed by atoms with Gasteiger partial charge in [0.05, 0.1) is 0 Å². The van der Waals surface area contributed by atoms with Gasteiger partial charge in [-0.05, 0) is 51.1 Å². The molecule has 2 aromatic rings. The normalized spacial score (nSPS) is 10.9. The standard InChI is InChI=1S/C19H19ClN2O3/c1-12(23)13-6-4-8-15(10-13)21-17(24)19(2,3)18(25)22-16-9-5-7-14(20)11-16/h4-11H,1-3H3,(H,21,24)(H,22,25). The molecule has 2 aromatic carbocycles. The minimum atomic E-state index is -1.32. The molecule has 0 saturated carbocycles. The first-order chi connectivity index (χ1) is 11.7. The fraction of sp³-hybridized carbons (Fsp3) is 0.211. The zero-order valence-electron chi connectivity index (χ0n) is 14.2. The highest BCUT2D eigenvalue weighted by atomic mass is 35.5. The molecule has 5 nitrogen and oxygen atoms in total. The van der Waals surface area contributed by atoms with Gasteiger partial charge in [0.25, 0.3) is 0 Å². The number of hydrogen-bond acceptors (Lipinski definition) is 3. The van der Waals surface area contributed by atoms with Crippen LogP contribution in [0, 0.1) is 5.41 Å². The largest absolute Gasteiger partial charge is 0.325 e. The van der Waals surface area contributed by atoms with E-state index in [9.17, 15) is 14.4 Å². The second-order valence-corrected chi connectivity index (χ2v) is 6.62. The van der Waals surface area contributed by atoms with Crippen molar-refractivity contribution >= 4 is 40.6 Å². The van der Waals surface area contributed by atoms with Crippen LogP contribution in [-0.4, -0.2) is 17.6 Å². The molecule has 2 N–H and O–H groups in total. The summed E-state index contributed by atoms with van der Waals surface area (Å²) in [5.74, 6) is -1.04. The molecule has 25 heavy (non-hydrogen) atoms. The monoisotopic (exact) mass is 358 g/mol. The second-order valence-electron chi connectivity index (χ2n) is 6.18. The molecule has 0 atom stereocenters. The van der Waals surface area contributed by atoms with Gasteiger partial charge in [-0.2, -0.15) is 0 Å². The van der Waals surface area contributed by atoms with Crippen LogP contribution in [0.15, 0.2) is 48.5 Å². The topological polar surface area (TPSA) is 75.3 Å². The first-order valence-electron chi connectivity index (χ1n) is 7.69. The third-order valence-electron chi connectivity index (χ3n) is 3.74. The van der Waals surface area contributed by atoms with Crippen molar-refractivity contribution in [2.75, 3.05) is 10.6 Å². The van der Waals surface area contributed by atoms with E-state index >= 15 is 0 Å². The molecule has 0 aliphatic rings. The van der Waals surface area contributed by atoms with Crippen LogP contribution in [0.4, 0.5) is 11.4 Å². The zero-order chi connectivity index (χ0) is 18.6. The Hall–Kier alpha value is -2.66. The van der Waals surface area contributed by atoms with E-state index in [1.165, 1.54) is 20.8 Å². The fourth-order valence-electron chi connectivity index (χ4n) is 2.06. The van der Waals surface area contributed by atoms with Crippen molar-refractivity contribution < 1.29 is 14.4 Å². The summed E-state index contributed by atoms with van der Waals surface area (Å²) in [7, 11) is 0. The highest BCUT2D eigenvalue weighted by Crippen LogP contribution is 2.23. The summed E-state index contributed by atoms with van der Waals surface area (Å²) in [6.45, 7) is 4.50. The lowest BCUT2D eigenvalue weighted by molar-refractivity contribution is -0.135. The van der Waals surface area contributed by atoms with Gasteiger partial charge in [-0.25, -0.2) is 0 Å². The Labute approximate surface area is 151 Å². The number of hydrogen-bond donors (Lipinski definition) is 2. The zero-order valence-corrected chi connectivity index (χ0v) is 15.0. The Balaban J connectivity index is 2.12. The summed E-state index contributed by atoms with van der Waals surface area (Å²) < 4.78 is 0. The number of anilines is 2. The molecule has 0 radical (unpaired) electrons. The minimum absolute atomic E-state index is 0.103. The third kappa shape index (κ3) is 4.67. The molecule has 0 aliphatic heterocycles. The first-order valence-corrected chi connectivity index (χ1v) is 8.07. The predicted octanol–water partition coefficient (Wildman–Crippen LogP) is 4.15. The molecule has 0 heterocycles. The van der Waals surface area contributed by atoms with Gasteiger partial charge in [-0.15, -0.1) is 0 Å². The molecule has 2 rings (SSSR count). The number of Topliss-reactive ketones (excluding diaryl/α,β-unsaturated/α-hetero) is 1. The highest BCUT2D eigenvalue weighted by molar-refractivity contribution is 6.31. The van der Waals surface area contributed by atoms with Crippen molar-refractivity contribution in [3.8, 4) is 0 Å². The number of ketones is 1. The maximum atomic E-state index is 12.5. The van der Waals surface area contributed by atoms with Gasteiger partial charge in [0.1, 0.15) is 5.41 Å². The van der Waals surface area contributed by atoms with Gasteiger partial charge >= 0.3 is 0 Å². The van der Waals surface area contributed by atoms with E-state index < -0.39 is 17.2 Å². The van der Waals surface area contributed by atoms with Crippen LogP contribution in [-0.2, 0) is 9.59 Å². The SMILES string of the molecule is CC(=O)c1cccc(NC(=O)C(C)(C)C(=O)Nc2cccc(Cl)c2)c1. The van der Waals surface area contributed by atoms with Crippen LogP contribution >= 0.6 is 11.6 Å². The van der Waals surface area contributed by atoms with E-state index in [-0.39, 0.29) is 5.78 Å². The summed E-state index contributed by atoms with van der Waals surface area (Å²) >= 11 is 5.89. The molecule has 0 aromatic heterocycles. The van der Waals surface area contributed by atoms with Gasteiger partial charge in [-0.3, -0.25) is 14.4 Å². The van der Waals surface area contributed by atoms with Crippen molar-refractivity contribution in [1.82, 2.24) is 0 Å². The van der Waals surface area contributed by atoms with E-state index in [4.69, 9.17) is 11.6 Å². The van der Waals surface area contributed by atoms with E-state index in [0.717, 1.165) is 0 Å². The van der Waals surface area contributed by atoms with Crippen LogP contribution in [0.2, 0.25) is 5.02 Å². The lowest BCUT2D eigenvalue weighted by Gasteiger charge is -2.23. The molecule has 2 amide bonds. The Bertz CT molecular complexity index is 831. The Kier molecular flexibility index (Phi) is 5.59. The minimum Gasteiger partial charge on any atom is -0.325 e. The average Bonchev–Trinajstić information content (AvgIpc) is 2.55. The summed E-state index contributed by atoms with van der Waals surface area (Å²) in [5.41, 5.74) is 0.131. The molecular weight excluding hydrogens is 340 g/mol. The molecular formula is C19H19ClN2O3. The molecule has 0 fully saturated rings.